The molecule has 3 heterocycles. The van der Waals surface area contributed by atoms with Crippen LogP contribution in [-0.4, -0.2) is 37.4 Å². The van der Waals surface area contributed by atoms with Crippen LogP contribution >= 0.6 is 11.8 Å². The summed E-state index contributed by atoms with van der Waals surface area (Å²) in [4.78, 5) is 16.3. The van der Waals surface area contributed by atoms with Gasteiger partial charge in [0, 0.05) is 29.2 Å². The molecule has 2 atom stereocenters. The zero-order valence-corrected chi connectivity index (χ0v) is 18.3. The van der Waals surface area contributed by atoms with Gasteiger partial charge in [-0.25, -0.2) is 0 Å². The number of hydrogen-bond acceptors (Lipinski definition) is 6. The molecule has 7 nitrogen and oxygen atoms in total. The van der Waals surface area contributed by atoms with Crippen LogP contribution < -0.4 is 9.47 Å². The van der Waals surface area contributed by atoms with E-state index in [2.05, 4.69) is 21.8 Å². The summed E-state index contributed by atoms with van der Waals surface area (Å²) in [5, 5.41) is 9.96. The molecular weight excluding hydrogens is 424 g/mol. The first-order chi connectivity index (χ1) is 15.7. The molecule has 0 saturated heterocycles. The van der Waals surface area contributed by atoms with Crippen LogP contribution in [0.3, 0.4) is 0 Å². The van der Waals surface area contributed by atoms with Gasteiger partial charge in [0.05, 0.1) is 5.25 Å². The van der Waals surface area contributed by atoms with Crippen molar-refractivity contribution in [3.63, 3.8) is 0 Å². The Morgan fingerprint density at radius 3 is 2.88 bits per heavy atom. The summed E-state index contributed by atoms with van der Waals surface area (Å²) in [5.74, 6) is 2.07. The molecule has 1 aliphatic heterocycles. The minimum atomic E-state index is -0.397. The van der Waals surface area contributed by atoms with E-state index in [-0.39, 0.29) is 11.0 Å². The summed E-state index contributed by atoms with van der Waals surface area (Å²) in [5.41, 5.74) is 1.62. The molecule has 0 spiro atoms. The number of ether oxygens (including phenoxy) is 2. The number of thioether (sulfide) groups is 1. The maximum atomic E-state index is 13.2. The van der Waals surface area contributed by atoms with Crippen molar-refractivity contribution in [1.29, 1.82) is 0 Å². The average Bonchev–Trinajstić information content (AvgIpc) is 3.43. The Labute approximate surface area is 189 Å². The second-order valence-electron chi connectivity index (χ2n) is 7.48. The smallest absolute Gasteiger partial charge is 0.192 e. The Kier molecular flexibility index (Phi) is 5.45. The zero-order valence-electron chi connectivity index (χ0n) is 17.5. The monoisotopic (exact) mass is 446 g/mol. The molecular formula is C24H22N4O3S. The van der Waals surface area contributed by atoms with Crippen molar-refractivity contribution >= 4 is 28.4 Å². The minimum absolute atomic E-state index is 0.0355. The van der Waals surface area contributed by atoms with Gasteiger partial charge >= 0.3 is 0 Å². The number of nitrogens with zero attached hydrogens (tertiary/aromatic N) is 3. The SMILES string of the molecule is C=CCn1c(S[C@H](C)C(=O)c2c[nH]c3ccccc23)nnc1[C@@H]1COc2ccccc2O1. The molecule has 32 heavy (non-hydrogen) atoms. The van der Waals surface area contributed by atoms with E-state index in [1.165, 1.54) is 11.8 Å². The highest BCUT2D eigenvalue weighted by Gasteiger charge is 2.29. The molecule has 0 radical (unpaired) electrons. The predicted molar refractivity (Wildman–Crippen MR) is 123 cm³/mol. The number of H-pyrrole nitrogens is 1. The fraction of sp³-hybridized carbons (Fsp3) is 0.208. The third-order valence-corrected chi connectivity index (χ3v) is 6.44. The average molecular weight is 447 g/mol. The molecule has 162 valence electrons. The first kappa shape index (κ1) is 20.4. The molecule has 0 bridgehead atoms. The number of rotatable bonds is 7. The number of aromatic amines is 1. The van der Waals surface area contributed by atoms with Crippen molar-refractivity contribution < 1.29 is 14.3 Å². The van der Waals surface area contributed by atoms with Crippen molar-refractivity contribution in [3.8, 4) is 11.5 Å². The minimum Gasteiger partial charge on any atom is -0.485 e. The molecule has 0 aliphatic carbocycles. The van der Waals surface area contributed by atoms with Crippen molar-refractivity contribution in [1.82, 2.24) is 19.7 Å². The molecule has 4 aromatic rings. The molecule has 8 heteroatoms. The number of aromatic nitrogens is 4. The van der Waals surface area contributed by atoms with Gasteiger partial charge in [-0.2, -0.15) is 0 Å². The predicted octanol–water partition coefficient (Wildman–Crippen LogP) is 4.82. The zero-order chi connectivity index (χ0) is 22.1. The molecule has 2 aromatic heterocycles. The van der Waals surface area contributed by atoms with E-state index in [9.17, 15) is 4.79 Å². The Morgan fingerprint density at radius 1 is 1.25 bits per heavy atom. The Hall–Kier alpha value is -3.52. The number of Topliss-reactive ketones (excluding diaryl/α,β-unsaturated/α-hetero) is 1. The second-order valence-corrected chi connectivity index (χ2v) is 8.78. The number of carbonyl (C=O) groups excluding carboxylic acids is 1. The standard InChI is InChI=1S/C24H22N4O3S/c1-3-12-28-23(21-14-30-19-10-6-7-11-20(19)31-21)26-27-24(28)32-15(2)22(29)17-13-25-18-9-5-4-8-16(17)18/h3-11,13,15,21,25H,1,12,14H2,2H3/t15-,21+/m1/s1. The lowest BCUT2D eigenvalue weighted by Crippen LogP contribution is -2.25. The topological polar surface area (TPSA) is 82.0 Å². The van der Waals surface area contributed by atoms with E-state index < -0.39 is 6.10 Å². The van der Waals surface area contributed by atoms with E-state index in [0.717, 1.165) is 10.9 Å². The van der Waals surface area contributed by atoms with Crippen LogP contribution in [0.25, 0.3) is 10.9 Å². The number of carbonyl (C=O) groups is 1. The highest BCUT2D eigenvalue weighted by Crippen LogP contribution is 2.36. The maximum Gasteiger partial charge on any atom is 0.192 e. The number of para-hydroxylation sites is 3. The molecule has 0 amide bonds. The summed E-state index contributed by atoms with van der Waals surface area (Å²) in [6.07, 6.45) is 3.15. The van der Waals surface area contributed by atoms with Gasteiger partial charge < -0.3 is 14.5 Å². The first-order valence-electron chi connectivity index (χ1n) is 10.3. The Morgan fingerprint density at radius 2 is 2.03 bits per heavy atom. The van der Waals surface area contributed by atoms with Crippen molar-refractivity contribution in [2.24, 2.45) is 0 Å². The van der Waals surface area contributed by atoms with Gasteiger partial charge in [0.2, 0.25) is 0 Å². The lowest BCUT2D eigenvalue weighted by molar-refractivity contribution is 0.0821. The summed E-state index contributed by atoms with van der Waals surface area (Å²) in [6.45, 7) is 6.58. The molecule has 5 rings (SSSR count). The van der Waals surface area contributed by atoms with Gasteiger partial charge in [-0.05, 0) is 25.1 Å². The largest absolute Gasteiger partial charge is 0.485 e. The van der Waals surface area contributed by atoms with Crippen LogP contribution in [0.1, 0.15) is 29.2 Å². The van der Waals surface area contributed by atoms with Crippen molar-refractivity contribution in [2.75, 3.05) is 6.61 Å². The van der Waals surface area contributed by atoms with Gasteiger partial charge in [0.1, 0.15) is 6.61 Å². The van der Waals surface area contributed by atoms with E-state index >= 15 is 0 Å². The van der Waals surface area contributed by atoms with E-state index in [0.29, 0.717) is 41.2 Å². The van der Waals surface area contributed by atoms with E-state index in [1.807, 2.05) is 60.0 Å². The Balaban J connectivity index is 1.39. The van der Waals surface area contributed by atoms with E-state index in [4.69, 9.17) is 9.47 Å². The molecule has 0 saturated carbocycles. The maximum absolute atomic E-state index is 13.2. The first-order valence-corrected chi connectivity index (χ1v) is 11.2. The van der Waals surface area contributed by atoms with Gasteiger partial charge in [-0.3, -0.25) is 9.36 Å². The lowest BCUT2D eigenvalue weighted by atomic mass is 10.1. The number of allylic oxidation sites excluding steroid dienone is 1. The van der Waals surface area contributed by atoms with Crippen LogP contribution in [0.15, 0.2) is 72.5 Å². The molecule has 0 unspecified atom stereocenters. The summed E-state index contributed by atoms with van der Waals surface area (Å²) >= 11 is 1.38. The number of benzene rings is 2. The fourth-order valence-corrected chi connectivity index (χ4v) is 4.71. The van der Waals surface area contributed by atoms with Crippen LogP contribution in [0.2, 0.25) is 0 Å². The number of hydrogen-bond donors (Lipinski definition) is 1. The third-order valence-electron chi connectivity index (χ3n) is 5.36. The van der Waals surface area contributed by atoms with Crippen LogP contribution in [-0.2, 0) is 6.54 Å². The fourth-order valence-electron chi connectivity index (χ4n) is 3.78. The number of fused-ring (bicyclic) bond motifs is 2. The normalized spacial score (nSPS) is 16.1. The molecule has 0 fully saturated rings. The summed E-state index contributed by atoms with van der Waals surface area (Å²) in [7, 11) is 0. The van der Waals surface area contributed by atoms with Gasteiger partial charge in [0.25, 0.3) is 0 Å². The quantitative estimate of drug-likeness (QED) is 0.249. The van der Waals surface area contributed by atoms with Crippen molar-refractivity contribution in [2.45, 2.75) is 30.0 Å². The van der Waals surface area contributed by atoms with Gasteiger partial charge in [-0.15, -0.1) is 16.8 Å². The van der Waals surface area contributed by atoms with Gasteiger partial charge in [-0.1, -0.05) is 48.2 Å². The molecule has 1 N–H and O–H groups in total. The third kappa shape index (κ3) is 3.67. The van der Waals surface area contributed by atoms with E-state index in [1.54, 1.807) is 12.3 Å². The highest BCUT2D eigenvalue weighted by molar-refractivity contribution is 8.00. The molecule has 2 aromatic carbocycles. The lowest BCUT2D eigenvalue weighted by Gasteiger charge is -2.26. The number of ketones is 1. The van der Waals surface area contributed by atoms with Crippen LogP contribution in [0, 0.1) is 0 Å². The summed E-state index contributed by atoms with van der Waals surface area (Å²) in [6, 6.07) is 15.3. The van der Waals surface area contributed by atoms with Crippen LogP contribution in [0.5, 0.6) is 11.5 Å². The number of nitrogens with one attached hydrogen (secondary N) is 1. The Bertz CT molecular complexity index is 1300. The van der Waals surface area contributed by atoms with Crippen LogP contribution in [0.4, 0.5) is 0 Å². The second kappa shape index (κ2) is 8.55. The summed E-state index contributed by atoms with van der Waals surface area (Å²) < 4.78 is 13.9. The van der Waals surface area contributed by atoms with Crippen molar-refractivity contribution in [3.05, 3.63) is 78.8 Å². The van der Waals surface area contributed by atoms with Gasteiger partial charge in [0.15, 0.2) is 34.4 Å². The molecule has 1 aliphatic rings. The highest BCUT2D eigenvalue weighted by atomic mass is 32.2.